The van der Waals surface area contributed by atoms with E-state index in [1.54, 1.807) is 16.8 Å². The second-order valence-electron chi connectivity index (χ2n) is 5.71. The summed E-state index contributed by atoms with van der Waals surface area (Å²) in [6.07, 6.45) is -7.25. The minimum atomic E-state index is -6.03. The Kier molecular flexibility index (Phi) is 5.13. The van der Waals surface area contributed by atoms with Gasteiger partial charge in [-0.2, -0.15) is 26.3 Å². The highest BCUT2D eigenvalue weighted by molar-refractivity contribution is 7.15. The Morgan fingerprint density at radius 3 is 2.41 bits per heavy atom. The molecule has 13 heteroatoms. The molecule has 29 heavy (non-hydrogen) atoms. The second kappa shape index (κ2) is 7.15. The van der Waals surface area contributed by atoms with Gasteiger partial charge in [-0.25, -0.2) is 9.97 Å². The Balaban J connectivity index is 1.85. The van der Waals surface area contributed by atoms with Crippen LogP contribution in [0.2, 0.25) is 0 Å². The lowest BCUT2D eigenvalue weighted by molar-refractivity contribution is -0.375. The van der Waals surface area contributed by atoms with Gasteiger partial charge in [0.1, 0.15) is 0 Å². The highest BCUT2D eigenvalue weighted by Crippen LogP contribution is 2.51. The molecule has 3 rings (SSSR count). The van der Waals surface area contributed by atoms with E-state index < -0.39 is 33.9 Å². The van der Waals surface area contributed by atoms with Crippen molar-refractivity contribution in [3.8, 4) is 5.69 Å². The van der Waals surface area contributed by atoms with E-state index >= 15 is 0 Å². The summed E-state index contributed by atoms with van der Waals surface area (Å²) in [5, 5.41) is 10.9. The molecule has 3 aromatic rings. The van der Waals surface area contributed by atoms with Crippen LogP contribution in [0.25, 0.3) is 5.69 Å². The molecule has 2 heterocycles. The predicted octanol–water partition coefficient (Wildman–Crippen LogP) is 3.89. The summed E-state index contributed by atoms with van der Waals surface area (Å²) in [5.41, 5.74) is -4.46. The number of nitrogens with one attached hydrogen (secondary N) is 1. The van der Waals surface area contributed by atoms with Crippen LogP contribution >= 0.6 is 11.3 Å². The summed E-state index contributed by atoms with van der Waals surface area (Å²) in [7, 11) is 0. The van der Waals surface area contributed by atoms with E-state index in [4.69, 9.17) is 0 Å². The van der Waals surface area contributed by atoms with Gasteiger partial charge in [-0.3, -0.25) is 10.1 Å². The van der Waals surface area contributed by atoms with Crippen LogP contribution in [0.15, 0.2) is 49.2 Å². The zero-order chi connectivity index (χ0) is 21.4. The maximum atomic E-state index is 12.9. The third-order valence-corrected chi connectivity index (χ3v) is 4.84. The smallest absolute Gasteiger partial charge is 0.369 e. The monoisotopic (exact) mass is 436 g/mol. The van der Waals surface area contributed by atoms with Crippen molar-refractivity contribution in [1.82, 2.24) is 14.5 Å². The molecule has 0 aliphatic carbocycles. The molecule has 0 fully saturated rings. The number of amides is 1. The summed E-state index contributed by atoms with van der Waals surface area (Å²) in [6.45, 7) is 0. The number of nitrogens with zero attached hydrogens (tertiary/aromatic N) is 3. The number of hydrogen-bond donors (Lipinski definition) is 2. The number of aromatic nitrogens is 3. The van der Waals surface area contributed by atoms with Crippen LogP contribution in [0, 0.1) is 0 Å². The van der Waals surface area contributed by atoms with Crippen LogP contribution in [0.3, 0.4) is 0 Å². The SMILES string of the molecule is O=C(Nc1ncc(C(O)(C(F)(F)F)C(F)(F)F)s1)c1cccc(-n2ccnc2)c1. The van der Waals surface area contributed by atoms with Crippen LogP contribution in [-0.4, -0.2) is 37.9 Å². The molecule has 0 saturated carbocycles. The topological polar surface area (TPSA) is 80.0 Å². The van der Waals surface area contributed by atoms with Gasteiger partial charge in [0.15, 0.2) is 5.13 Å². The highest BCUT2D eigenvalue weighted by atomic mass is 32.1. The number of benzene rings is 1. The van der Waals surface area contributed by atoms with Gasteiger partial charge in [0.25, 0.3) is 11.5 Å². The van der Waals surface area contributed by atoms with Crippen molar-refractivity contribution in [2.24, 2.45) is 0 Å². The van der Waals surface area contributed by atoms with Gasteiger partial charge in [-0.15, -0.1) is 0 Å². The van der Waals surface area contributed by atoms with Crippen molar-refractivity contribution in [3.63, 3.8) is 0 Å². The predicted molar refractivity (Wildman–Crippen MR) is 89.6 cm³/mol. The number of hydrogen-bond acceptors (Lipinski definition) is 5. The number of alkyl halides is 6. The normalized spacial score (nSPS) is 12.8. The van der Waals surface area contributed by atoms with Gasteiger partial charge in [0.2, 0.25) is 0 Å². The maximum Gasteiger partial charge on any atom is 0.431 e. The third-order valence-electron chi connectivity index (χ3n) is 3.81. The van der Waals surface area contributed by atoms with Crippen LogP contribution < -0.4 is 5.32 Å². The molecule has 0 bridgehead atoms. The number of carbonyl (C=O) groups is 1. The van der Waals surface area contributed by atoms with E-state index in [1.165, 1.54) is 30.7 Å². The minimum Gasteiger partial charge on any atom is -0.369 e. The molecule has 2 N–H and O–H groups in total. The minimum absolute atomic E-state index is 0.0786. The van der Waals surface area contributed by atoms with E-state index in [0.717, 1.165) is 0 Å². The van der Waals surface area contributed by atoms with Crippen molar-refractivity contribution in [3.05, 3.63) is 59.6 Å². The van der Waals surface area contributed by atoms with Crippen molar-refractivity contribution in [1.29, 1.82) is 0 Å². The van der Waals surface area contributed by atoms with Crippen LogP contribution in [0.1, 0.15) is 15.2 Å². The maximum absolute atomic E-state index is 12.9. The van der Waals surface area contributed by atoms with E-state index in [9.17, 15) is 36.2 Å². The molecule has 0 spiro atoms. The largest absolute Gasteiger partial charge is 0.431 e. The molecule has 1 aromatic carbocycles. The molecule has 0 aliphatic heterocycles. The molecular formula is C16H10F6N4O2S. The Morgan fingerprint density at radius 2 is 1.83 bits per heavy atom. The molecule has 6 nitrogen and oxygen atoms in total. The first kappa shape index (κ1) is 20.8. The highest BCUT2D eigenvalue weighted by Gasteiger charge is 2.72. The number of anilines is 1. The number of carbonyl (C=O) groups excluding carboxylic acids is 1. The molecule has 0 saturated heterocycles. The summed E-state index contributed by atoms with van der Waals surface area (Å²) >= 11 is -0.130. The van der Waals surface area contributed by atoms with Crippen molar-refractivity contribution in [2.45, 2.75) is 18.0 Å². The first-order valence-electron chi connectivity index (χ1n) is 7.65. The van der Waals surface area contributed by atoms with Gasteiger partial charge in [-0.05, 0) is 18.2 Å². The Morgan fingerprint density at radius 1 is 1.14 bits per heavy atom. The van der Waals surface area contributed by atoms with Gasteiger partial charge in [-0.1, -0.05) is 17.4 Å². The van der Waals surface area contributed by atoms with Gasteiger partial charge in [0.05, 0.1) is 11.2 Å². The van der Waals surface area contributed by atoms with Crippen LogP contribution in [0.4, 0.5) is 31.5 Å². The molecule has 0 aliphatic rings. The lowest BCUT2D eigenvalue weighted by atomic mass is 10.0. The summed E-state index contributed by atoms with van der Waals surface area (Å²) < 4.78 is 79.1. The fraction of sp³-hybridized carbons (Fsp3) is 0.188. The third kappa shape index (κ3) is 3.82. The Labute approximate surface area is 162 Å². The second-order valence-corrected chi connectivity index (χ2v) is 6.74. The fourth-order valence-corrected chi connectivity index (χ4v) is 3.27. The summed E-state index contributed by atoms with van der Waals surface area (Å²) in [6, 6.07) is 6.02. The molecule has 0 radical (unpaired) electrons. The van der Waals surface area contributed by atoms with Crippen LogP contribution in [-0.2, 0) is 5.60 Å². The van der Waals surface area contributed by atoms with E-state index in [0.29, 0.717) is 5.69 Å². The number of imidazole rings is 1. The summed E-state index contributed by atoms with van der Waals surface area (Å²) in [5.74, 6) is -0.810. The van der Waals surface area contributed by atoms with E-state index in [2.05, 4.69) is 15.3 Å². The first-order valence-corrected chi connectivity index (χ1v) is 8.47. The number of aliphatic hydroxyl groups is 1. The molecule has 2 aromatic heterocycles. The van der Waals surface area contributed by atoms with Gasteiger partial charge < -0.3 is 9.67 Å². The lowest BCUT2D eigenvalue weighted by Gasteiger charge is -2.30. The number of rotatable bonds is 4. The fourth-order valence-electron chi connectivity index (χ4n) is 2.33. The average molecular weight is 436 g/mol. The standard InChI is InChI=1S/C16H10F6N4O2S/c17-15(18,19)14(28,16(20,21)22)11-7-24-13(29-11)25-12(27)9-2-1-3-10(6-9)26-5-4-23-8-26/h1-8,28H,(H,24,25,27). The molecule has 0 unspecified atom stereocenters. The quantitative estimate of drug-likeness (QED) is 0.609. The van der Waals surface area contributed by atoms with Crippen molar-refractivity contribution < 1.29 is 36.2 Å². The molecule has 0 atom stereocenters. The lowest BCUT2D eigenvalue weighted by Crippen LogP contribution is -2.53. The Bertz CT molecular complexity index is 999. The molecular weight excluding hydrogens is 426 g/mol. The molecule has 1 amide bonds. The first-order chi connectivity index (χ1) is 13.4. The Hall–Kier alpha value is -2.93. The van der Waals surface area contributed by atoms with Gasteiger partial charge >= 0.3 is 12.4 Å². The summed E-state index contributed by atoms with van der Waals surface area (Å²) in [4.78, 5) is 18.0. The van der Waals surface area contributed by atoms with Gasteiger partial charge in [0, 0.05) is 29.8 Å². The molecule has 154 valence electrons. The number of halogens is 6. The average Bonchev–Trinajstić information content (AvgIpc) is 3.31. The van der Waals surface area contributed by atoms with E-state index in [-0.39, 0.29) is 23.1 Å². The zero-order valence-corrected chi connectivity index (χ0v) is 14.8. The van der Waals surface area contributed by atoms with Crippen LogP contribution in [0.5, 0.6) is 0 Å². The zero-order valence-electron chi connectivity index (χ0n) is 14.0. The van der Waals surface area contributed by atoms with Crippen molar-refractivity contribution >= 4 is 22.4 Å². The van der Waals surface area contributed by atoms with Crippen molar-refractivity contribution in [2.75, 3.05) is 5.32 Å². The van der Waals surface area contributed by atoms with E-state index in [1.807, 2.05) is 0 Å². The number of thiazole rings is 1.